The second-order valence-corrected chi connectivity index (χ2v) is 5.01. The predicted octanol–water partition coefficient (Wildman–Crippen LogP) is -0.182. The van der Waals surface area contributed by atoms with Crippen molar-refractivity contribution in [3.05, 3.63) is 0 Å². The highest BCUT2D eigenvalue weighted by molar-refractivity contribution is 5.95. The number of piperazine rings is 1. The van der Waals surface area contributed by atoms with Crippen LogP contribution in [0.4, 0.5) is 0 Å². The van der Waals surface area contributed by atoms with E-state index in [0.717, 1.165) is 25.8 Å². The topological polar surface area (TPSA) is 52.7 Å². The van der Waals surface area contributed by atoms with Gasteiger partial charge in [0.25, 0.3) is 0 Å². The van der Waals surface area contributed by atoms with Gasteiger partial charge in [-0.05, 0) is 33.2 Å². The Hall–Kier alpha value is -1.10. The van der Waals surface area contributed by atoms with E-state index >= 15 is 0 Å². The molecule has 0 aromatic heterocycles. The van der Waals surface area contributed by atoms with Crippen molar-refractivity contribution < 1.29 is 9.59 Å². The summed E-state index contributed by atoms with van der Waals surface area (Å²) in [5.74, 6) is 0.240. The van der Waals surface area contributed by atoms with Gasteiger partial charge >= 0.3 is 0 Å². The number of nitrogens with one attached hydrogen (secondary N) is 1. The van der Waals surface area contributed by atoms with Crippen LogP contribution in [-0.4, -0.2) is 60.4 Å². The second kappa shape index (κ2) is 5.04. The van der Waals surface area contributed by atoms with Crippen molar-refractivity contribution in [2.75, 3.05) is 26.7 Å². The zero-order valence-corrected chi connectivity index (χ0v) is 10.6. The predicted molar refractivity (Wildman–Crippen MR) is 64.5 cm³/mol. The van der Waals surface area contributed by atoms with Gasteiger partial charge in [-0.25, -0.2) is 0 Å². The summed E-state index contributed by atoms with van der Waals surface area (Å²) < 4.78 is 0. The molecule has 0 saturated carbocycles. The number of nitrogens with zero attached hydrogens (tertiary/aromatic N) is 2. The summed E-state index contributed by atoms with van der Waals surface area (Å²) in [6.07, 6.45) is 2.91. The molecule has 0 aliphatic carbocycles. The quantitative estimate of drug-likeness (QED) is 0.743. The smallest absolute Gasteiger partial charge is 0.245 e. The average Bonchev–Trinajstić information content (AvgIpc) is 2.35. The van der Waals surface area contributed by atoms with Crippen molar-refractivity contribution in [3.8, 4) is 0 Å². The van der Waals surface area contributed by atoms with Gasteiger partial charge in [-0.15, -0.1) is 0 Å². The van der Waals surface area contributed by atoms with Crippen molar-refractivity contribution in [1.29, 1.82) is 0 Å². The molecule has 0 spiro atoms. The van der Waals surface area contributed by atoms with Crippen LogP contribution in [0.25, 0.3) is 0 Å². The van der Waals surface area contributed by atoms with Gasteiger partial charge in [0.15, 0.2) is 0 Å². The van der Waals surface area contributed by atoms with Crippen LogP contribution >= 0.6 is 0 Å². The number of rotatable bonds is 3. The summed E-state index contributed by atoms with van der Waals surface area (Å²) in [6, 6.07) is 0.0379. The fourth-order valence-corrected chi connectivity index (χ4v) is 2.61. The van der Waals surface area contributed by atoms with Crippen molar-refractivity contribution in [1.82, 2.24) is 15.1 Å². The van der Waals surface area contributed by atoms with Gasteiger partial charge in [-0.1, -0.05) is 0 Å². The monoisotopic (exact) mass is 239 g/mol. The molecule has 5 nitrogen and oxygen atoms in total. The van der Waals surface area contributed by atoms with Gasteiger partial charge in [0.05, 0.1) is 6.54 Å². The van der Waals surface area contributed by atoms with E-state index in [0.29, 0.717) is 6.54 Å². The van der Waals surface area contributed by atoms with Gasteiger partial charge in [-0.2, -0.15) is 0 Å². The summed E-state index contributed by atoms with van der Waals surface area (Å²) in [6.45, 7) is 3.64. The summed E-state index contributed by atoms with van der Waals surface area (Å²) in [7, 11) is 1.87. The molecule has 0 radical (unpaired) electrons. The average molecular weight is 239 g/mol. The summed E-state index contributed by atoms with van der Waals surface area (Å²) >= 11 is 0. The lowest BCUT2D eigenvalue weighted by Gasteiger charge is -2.43. The normalized spacial score (nSPS) is 27.1. The van der Waals surface area contributed by atoms with Crippen LogP contribution in [0.2, 0.25) is 0 Å². The molecule has 1 N–H and O–H groups in total. The number of piperidine rings is 1. The lowest BCUT2D eigenvalue weighted by atomic mass is 9.98. The number of amides is 2. The number of hydrogen-bond acceptors (Lipinski definition) is 3. The minimum atomic E-state index is -0.186. The molecule has 2 aliphatic rings. The molecular weight excluding hydrogens is 218 g/mol. The van der Waals surface area contributed by atoms with Crippen LogP contribution in [-0.2, 0) is 9.59 Å². The van der Waals surface area contributed by atoms with Crippen LogP contribution in [0.15, 0.2) is 0 Å². The molecule has 2 fully saturated rings. The fourth-order valence-electron chi connectivity index (χ4n) is 2.61. The standard InChI is InChI=1S/C12H21N3O2/c1-9(13-2)7-14-8-11(16)15-6-4-3-5-10(15)12(14)17/h9-10,13H,3-8H2,1-2H3. The highest BCUT2D eigenvalue weighted by Gasteiger charge is 2.40. The Morgan fingerprint density at radius 2 is 2.18 bits per heavy atom. The van der Waals surface area contributed by atoms with E-state index in [2.05, 4.69) is 5.32 Å². The largest absolute Gasteiger partial charge is 0.330 e. The zero-order chi connectivity index (χ0) is 12.4. The van der Waals surface area contributed by atoms with Gasteiger partial charge in [0, 0.05) is 19.1 Å². The highest BCUT2D eigenvalue weighted by Crippen LogP contribution is 2.23. The van der Waals surface area contributed by atoms with Crippen LogP contribution in [0.3, 0.4) is 0 Å². The maximum absolute atomic E-state index is 12.3. The van der Waals surface area contributed by atoms with Crippen LogP contribution in [0, 0.1) is 0 Å². The number of carbonyl (C=O) groups is 2. The first-order valence-electron chi connectivity index (χ1n) is 6.39. The lowest BCUT2D eigenvalue weighted by Crippen LogP contribution is -2.62. The number of hydrogen-bond donors (Lipinski definition) is 1. The fraction of sp³-hybridized carbons (Fsp3) is 0.833. The highest BCUT2D eigenvalue weighted by atomic mass is 16.2. The Morgan fingerprint density at radius 3 is 2.88 bits per heavy atom. The third kappa shape index (κ3) is 2.44. The summed E-state index contributed by atoms with van der Waals surface area (Å²) in [5, 5.41) is 3.10. The minimum absolute atomic E-state index is 0.109. The SMILES string of the molecule is CNC(C)CN1CC(=O)N2CCCCC2C1=O. The number of carbonyl (C=O) groups excluding carboxylic acids is 2. The molecule has 2 atom stereocenters. The van der Waals surface area contributed by atoms with Crippen molar-refractivity contribution in [2.45, 2.75) is 38.3 Å². The lowest BCUT2D eigenvalue weighted by molar-refractivity contribution is -0.158. The number of fused-ring (bicyclic) bond motifs is 1. The van der Waals surface area contributed by atoms with Gasteiger partial charge in [0.1, 0.15) is 6.04 Å². The van der Waals surface area contributed by atoms with Crippen LogP contribution in [0.5, 0.6) is 0 Å². The maximum Gasteiger partial charge on any atom is 0.245 e. The molecule has 2 heterocycles. The molecule has 0 bridgehead atoms. The van der Waals surface area contributed by atoms with Gasteiger partial charge in [0.2, 0.25) is 11.8 Å². The van der Waals surface area contributed by atoms with Gasteiger partial charge in [-0.3, -0.25) is 9.59 Å². The molecular formula is C12H21N3O2. The Bertz CT molecular complexity index is 319. The first-order chi connectivity index (χ1) is 8.13. The maximum atomic E-state index is 12.3. The van der Waals surface area contributed by atoms with E-state index in [-0.39, 0.29) is 30.4 Å². The van der Waals surface area contributed by atoms with Gasteiger partial charge < -0.3 is 15.1 Å². The molecule has 2 unspecified atom stereocenters. The minimum Gasteiger partial charge on any atom is -0.330 e. The van der Waals surface area contributed by atoms with Crippen LogP contribution < -0.4 is 5.32 Å². The first-order valence-corrected chi connectivity index (χ1v) is 6.39. The Balaban J connectivity index is 2.06. The van der Waals surface area contributed by atoms with E-state index in [1.54, 1.807) is 9.80 Å². The van der Waals surface area contributed by atoms with E-state index in [9.17, 15) is 9.59 Å². The summed E-state index contributed by atoms with van der Waals surface area (Å²) in [5.41, 5.74) is 0. The second-order valence-electron chi connectivity index (χ2n) is 5.01. The molecule has 0 aromatic carbocycles. The Labute approximate surface area is 102 Å². The molecule has 17 heavy (non-hydrogen) atoms. The van der Waals surface area contributed by atoms with E-state index in [1.807, 2.05) is 14.0 Å². The first kappa shape index (κ1) is 12.4. The number of likely N-dealkylation sites (N-methyl/N-ethyl adjacent to an activating group) is 1. The zero-order valence-electron chi connectivity index (χ0n) is 10.6. The van der Waals surface area contributed by atoms with Crippen molar-refractivity contribution >= 4 is 11.8 Å². The summed E-state index contributed by atoms with van der Waals surface area (Å²) in [4.78, 5) is 27.7. The molecule has 0 aromatic rings. The van der Waals surface area contributed by atoms with Crippen molar-refractivity contribution in [3.63, 3.8) is 0 Å². The van der Waals surface area contributed by atoms with E-state index in [4.69, 9.17) is 0 Å². The Morgan fingerprint density at radius 1 is 1.41 bits per heavy atom. The van der Waals surface area contributed by atoms with E-state index in [1.165, 1.54) is 0 Å². The molecule has 2 saturated heterocycles. The van der Waals surface area contributed by atoms with Crippen LogP contribution in [0.1, 0.15) is 26.2 Å². The van der Waals surface area contributed by atoms with Crippen molar-refractivity contribution in [2.24, 2.45) is 0 Å². The molecule has 2 amide bonds. The third-order valence-electron chi connectivity index (χ3n) is 3.73. The molecule has 2 rings (SSSR count). The molecule has 5 heteroatoms. The third-order valence-corrected chi connectivity index (χ3v) is 3.73. The molecule has 2 aliphatic heterocycles. The molecule has 96 valence electrons. The van der Waals surface area contributed by atoms with E-state index < -0.39 is 0 Å². The Kier molecular flexibility index (Phi) is 3.66.